The number of nitrogen functional groups attached to an aromatic ring is 1. The van der Waals surface area contributed by atoms with E-state index in [1.807, 2.05) is 31.2 Å². The third kappa shape index (κ3) is 5.79. The van der Waals surface area contributed by atoms with E-state index in [1.165, 1.54) is 11.8 Å². The number of rotatable bonds is 7. The highest BCUT2D eigenvalue weighted by atomic mass is 35.5. The minimum Gasteiger partial charge on any atom is -0.387 e. The highest BCUT2D eigenvalue weighted by Crippen LogP contribution is 2.29. The number of hydrogen-bond acceptors (Lipinski definition) is 8. The summed E-state index contributed by atoms with van der Waals surface area (Å²) >= 11 is 7.89. The zero-order valence-corrected chi connectivity index (χ0v) is 18.0. The molecule has 0 saturated carbocycles. The molecule has 3 rings (SSSR count). The number of aromatic nitrogens is 3. The molecule has 1 aromatic heterocycles. The summed E-state index contributed by atoms with van der Waals surface area (Å²) in [5.74, 6) is 0.558. The van der Waals surface area contributed by atoms with Gasteiger partial charge in [-0.05, 0) is 29.7 Å². The van der Waals surface area contributed by atoms with E-state index in [9.17, 15) is 4.79 Å². The van der Waals surface area contributed by atoms with E-state index in [1.54, 1.807) is 0 Å². The maximum Gasteiger partial charge on any atom is 0.245 e. The van der Waals surface area contributed by atoms with Gasteiger partial charge in [-0.2, -0.15) is 9.97 Å². The Morgan fingerprint density at radius 3 is 2.93 bits per heavy atom. The molecule has 0 aliphatic carbocycles. The number of fused-ring (bicyclic) bond motifs is 1. The van der Waals surface area contributed by atoms with Crippen LogP contribution in [0.2, 0.25) is 0 Å². The standard InChI is InChI=1S/C20H22ClN5O3S/c1-12(16(21)8-14-11-29-10-13-4-2-3-5-15(13)14)18-24-19(22)26-20(25-18)30-7-6-23-17(28)9-27/h2-5,8,27H,6-7,9-11H2,1H3,(H,23,28)(H2,22,24,25,26)/b14-8-,16-12-. The number of aliphatic hydroxyl groups excluding tert-OH is 1. The van der Waals surface area contributed by atoms with Crippen LogP contribution in [-0.4, -0.2) is 51.5 Å². The normalized spacial score (nSPS) is 15.5. The quantitative estimate of drug-likeness (QED) is 0.436. The number of thioether (sulfide) groups is 1. The van der Waals surface area contributed by atoms with Gasteiger partial charge in [0.2, 0.25) is 11.9 Å². The zero-order chi connectivity index (χ0) is 21.5. The van der Waals surface area contributed by atoms with Crippen LogP contribution in [0.25, 0.3) is 11.1 Å². The SMILES string of the molecule is C/C(=C(Cl)\C=C1\COCc2ccccc21)c1nc(N)nc(SCCNC(=O)CO)n1. The van der Waals surface area contributed by atoms with Crippen molar-refractivity contribution in [2.45, 2.75) is 18.7 Å². The highest BCUT2D eigenvalue weighted by molar-refractivity contribution is 7.99. The largest absolute Gasteiger partial charge is 0.387 e. The molecule has 0 saturated heterocycles. The number of carbonyl (C=O) groups is 1. The van der Waals surface area contributed by atoms with E-state index in [4.69, 9.17) is 27.2 Å². The van der Waals surface area contributed by atoms with E-state index >= 15 is 0 Å². The molecule has 0 unspecified atom stereocenters. The first-order chi connectivity index (χ1) is 14.5. The Labute approximate surface area is 183 Å². The van der Waals surface area contributed by atoms with Gasteiger partial charge in [0.05, 0.1) is 13.2 Å². The zero-order valence-electron chi connectivity index (χ0n) is 16.4. The second-order valence-electron chi connectivity index (χ2n) is 6.45. The highest BCUT2D eigenvalue weighted by Gasteiger charge is 2.15. The van der Waals surface area contributed by atoms with E-state index in [2.05, 4.69) is 26.3 Å². The average Bonchev–Trinajstić information content (AvgIpc) is 2.75. The maximum atomic E-state index is 11.1. The van der Waals surface area contributed by atoms with Gasteiger partial charge in [0.1, 0.15) is 6.61 Å². The van der Waals surface area contributed by atoms with Gasteiger partial charge in [0.25, 0.3) is 0 Å². The van der Waals surface area contributed by atoms with E-state index < -0.39 is 12.5 Å². The molecule has 158 valence electrons. The topological polar surface area (TPSA) is 123 Å². The number of amides is 1. The van der Waals surface area contributed by atoms with Crippen LogP contribution in [0.4, 0.5) is 5.95 Å². The second-order valence-corrected chi connectivity index (χ2v) is 7.92. The van der Waals surface area contributed by atoms with Gasteiger partial charge >= 0.3 is 0 Å². The molecule has 2 heterocycles. The molecule has 8 nitrogen and oxygen atoms in total. The number of hydrogen-bond donors (Lipinski definition) is 3. The lowest BCUT2D eigenvalue weighted by Gasteiger charge is -2.19. The van der Waals surface area contributed by atoms with Gasteiger partial charge in [0.15, 0.2) is 11.0 Å². The van der Waals surface area contributed by atoms with Crippen LogP contribution in [0.5, 0.6) is 0 Å². The molecule has 1 amide bonds. The average molecular weight is 448 g/mol. The minimum atomic E-state index is -0.541. The number of benzene rings is 1. The summed E-state index contributed by atoms with van der Waals surface area (Å²) in [5, 5.41) is 12.2. The van der Waals surface area contributed by atoms with Crippen LogP contribution >= 0.6 is 23.4 Å². The van der Waals surface area contributed by atoms with Gasteiger partial charge in [-0.15, -0.1) is 0 Å². The number of anilines is 1. The molecule has 2 aromatic rings. The van der Waals surface area contributed by atoms with Gasteiger partial charge in [-0.1, -0.05) is 47.6 Å². The Kier molecular flexibility index (Phi) is 7.81. The van der Waals surface area contributed by atoms with Crippen LogP contribution in [0.3, 0.4) is 0 Å². The molecule has 4 N–H and O–H groups in total. The van der Waals surface area contributed by atoms with Crippen molar-refractivity contribution < 1.29 is 14.6 Å². The Bertz CT molecular complexity index is 996. The lowest BCUT2D eigenvalue weighted by Crippen LogP contribution is -2.28. The summed E-state index contributed by atoms with van der Waals surface area (Å²) in [7, 11) is 0. The second kappa shape index (κ2) is 10.5. The predicted molar refractivity (Wildman–Crippen MR) is 118 cm³/mol. The van der Waals surface area contributed by atoms with Crippen molar-refractivity contribution in [3.63, 3.8) is 0 Å². The summed E-state index contributed by atoms with van der Waals surface area (Å²) in [6.45, 7) is 2.70. The minimum absolute atomic E-state index is 0.0877. The predicted octanol–water partition coefficient (Wildman–Crippen LogP) is 2.24. The summed E-state index contributed by atoms with van der Waals surface area (Å²) in [6, 6.07) is 8.05. The molecule has 0 radical (unpaired) electrons. The molecule has 30 heavy (non-hydrogen) atoms. The molecule has 10 heteroatoms. The fraction of sp³-hybridized carbons (Fsp3) is 0.300. The van der Waals surface area contributed by atoms with Crippen molar-refractivity contribution in [2.24, 2.45) is 0 Å². The van der Waals surface area contributed by atoms with Gasteiger partial charge < -0.3 is 20.9 Å². The number of halogens is 1. The molecule has 0 atom stereocenters. The number of carbonyl (C=O) groups excluding carboxylic acids is 1. The van der Waals surface area contributed by atoms with Crippen molar-refractivity contribution in [1.29, 1.82) is 0 Å². The van der Waals surface area contributed by atoms with Crippen molar-refractivity contribution in [3.05, 3.63) is 52.3 Å². The number of nitrogens with one attached hydrogen (secondary N) is 1. The van der Waals surface area contributed by atoms with Crippen LogP contribution in [0, 0.1) is 0 Å². The van der Waals surface area contributed by atoms with Crippen LogP contribution in [0.15, 0.2) is 40.5 Å². The number of nitrogens with zero attached hydrogens (tertiary/aromatic N) is 3. The maximum absolute atomic E-state index is 11.1. The molecule has 1 aliphatic heterocycles. The molecule has 1 aliphatic rings. The summed E-state index contributed by atoms with van der Waals surface area (Å²) < 4.78 is 5.65. The first kappa shape index (κ1) is 22.2. The van der Waals surface area contributed by atoms with Crippen molar-refractivity contribution in [2.75, 3.05) is 31.2 Å². The number of ether oxygens (including phenoxy) is 1. The first-order valence-corrected chi connectivity index (χ1v) is 10.6. The lowest BCUT2D eigenvalue weighted by molar-refractivity contribution is -0.123. The van der Waals surface area contributed by atoms with Crippen LogP contribution < -0.4 is 11.1 Å². The Morgan fingerprint density at radius 1 is 1.33 bits per heavy atom. The molecular weight excluding hydrogens is 426 g/mol. The van der Waals surface area contributed by atoms with Gasteiger partial charge in [0, 0.05) is 22.9 Å². The fourth-order valence-electron chi connectivity index (χ4n) is 2.79. The molecule has 1 aromatic carbocycles. The third-order valence-corrected chi connectivity index (χ3v) is 5.55. The first-order valence-electron chi connectivity index (χ1n) is 9.23. The van der Waals surface area contributed by atoms with Gasteiger partial charge in [-0.3, -0.25) is 4.79 Å². The molecular formula is C20H22ClN5O3S. The number of allylic oxidation sites excluding steroid dienone is 3. The van der Waals surface area contributed by atoms with E-state index in [0.717, 1.165) is 16.7 Å². The van der Waals surface area contributed by atoms with Crippen LogP contribution in [0.1, 0.15) is 23.9 Å². The van der Waals surface area contributed by atoms with Crippen molar-refractivity contribution in [3.8, 4) is 0 Å². The Balaban J connectivity index is 1.78. The number of nitrogens with two attached hydrogens (primary N) is 1. The monoisotopic (exact) mass is 447 g/mol. The fourth-order valence-corrected chi connectivity index (χ4v) is 3.70. The third-order valence-electron chi connectivity index (χ3n) is 4.30. The lowest BCUT2D eigenvalue weighted by atomic mass is 9.98. The molecule has 0 spiro atoms. The Hall–Kier alpha value is -2.46. The Morgan fingerprint density at radius 2 is 2.13 bits per heavy atom. The smallest absolute Gasteiger partial charge is 0.245 e. The van der Waals surface area contributed by atoms with E-state index in [-0.39, 0.29) is 5.95 Å². The van der Waals surface area contributed by atoms with Crippen molar-refractivity contribution >= 4 is 46.4 Å². The molecule has 0 fully saturated rings. The van der Waals surface area contributed by atoms with Crippen LogP contribution in [-0.2, 0) is 16.1 Å². The van der Waals surface area contributed by atoms with E-state index in [0.29, 0.717) is 47.1 Å². The summed E-state index contributed by atoms with van der Waals surface area (Å²) in [4.78, 5) is 23.8. The van der Waals surface area contributed by atoms with Crippen molar-refractivity contribution in [1.82, 2.24) is 20.3 Å². The van der Waals surface area contributed by atoms with Gasteiger partial charge in [-0.25, -0.2) is 4.98 Å². The summed E-state index contributed by atoms with van der Waals surface area (Å²) in [5.41, 5.74) is 9.72. The number of aliphatic hydroxyl groups is 1. The summed E-state index contributed by atoms with van der Waals surface area (Å²) in [6.07, 6.45) is 1.87. The molecule has 0 bridgehead atoms.